The third-order valence-corrected chi connectivity index (χ3v) is 4.38. The van der Waals surface area contributed by atoms with E-state index in [1.54, 1.807) is 18.2 Å². The van der Waals surface area contributed by atoms with Crippen molar-refractivity contribution < 1.29 is 28.9 Å². The highest BCUT2D eigenvalue weighted by molar-refractivity contribution is 6.01. The van der Waals surface area contributed by atoms with Crippen LogP contribution in [-0.4, -0.2) is 29.9 Å². The molecule has 2 N–H and O–H groups in total. The van der Waals surface area contributed by atoms with Crippen LogP contribution in [0.4, 0.5) is 5.69 Å². The molecule has 4 rings (SSSR count). The largest absolute Gasteiger partial charge is 0.507 e. The first-order valence-electron chi connectivity index (χ1n) is 8.64. The summed E-state index contributed by atoms with van der Waals surface area (Å²) in [5.41, 5.74) is 0.493. The van der Waals surface area contributed by atoms with Crippen molar-refractivity contribution in [1.29, 1.82) is 0 Å². The predicted octanol–water partition coefficient (Wildman–Crippen LogP) is 3.46. The van der Waals surface area contributed by atoms with Gasteiger partial charge in [-0.05, 0) is 42.0 Å². The Bertz CT molecular complexity index is 1080. The number of anilines is 1. The molecule has 0 aromatic heterocycles. The second-order valence-electron chi connectivity index (χ2n) is 6.32. The summed E-state index contributed by atoms with van der Waals surface area (Å²) in [6.45, 7) is 1.59. The fraction of sp³-hybridized carbons (Fsp3) is 0.143. The summed E-state index contributed by atoms with van der Waals surface area (Å²) in [6.07, 6.45) is -1.07. The Morgan fingerprint density at radius 3 is 2.54 bits per heavy atom. The number of rotatable bonds is 4. The monoisotopic (exact) mass is 379 g/mol. The molecule has 7 nitrogen and oxygen atoms in total. The number of nitrogens with one attached hydrogen (secondary N) is 1. The van der Waals surface area contributed by atoms with Crippen LogP contribution in [0.5, 0.6) is 17.2 Å². The molecule has 1 atom stereocenters. The number of fused-ring (bicyclic) bond motifs is 2. The SMILES string of the molecule is CC(OC(=O)c1cc2ccccc2cc1O)C(=O)Nc1ccc2c(c1)OCO2. The van der Waals surface area contributed by atoms with Gasteiger partial charge in [-0.2, -0.15) is 0 Å². The third kappa shape index (κ3) is 3.42. The summed E-state index contributed by atoms with van der Waals surface area (Å²) < 4.78 is 15.7. The fourth-order valence-corrected chi connectivity index (χ4v) is 2.89. The number of esters is 1. The van der Waals surface area contributed by atoms with Crippen molar-refractivity contribution in [2.75, 3.05) is 12.1 Å². The zero-order chi connectivity index (χ0) is 19.7. The van der Waals surface area contributed by atoms with Crippen molar-refractivity contribution in [3.63, 3.8) is 0 Å². The molecule has 0 fully saturated rings. The molecule has 142 valence electrons. The lowest BCUT2D eigenvalue weighted by molar-refractivity contribution is -0.123. The Morgan fingerprint density at radius 2 is 1.75 bits per heavy atom. The molecular formula is C21H17NO6. The molecule has 3 aromatic rings. The molecule has 1 unspecified atom stereocenters. The lowest BCUT2D eigenvalue weighted by atomic mass is 10.1. The average Bonchev–Trinajstić information content (AvgIpc) is 3.15. The summed E-state index contributed by atoms with van der Waals surface area (Å²) >= 11 is 0. The van der Waals surface area contributed by atoms with Gasteiger partial charge in [0.2, 0.25) is 6.79 Å². The van der Waals surface area contributed by atoms with Crippen molar-refractivity contribution in [2.24, 2.45) is 0 Å². The van der Waals surface area contributed by atoms with Gasteiger partial charge in [0.15, 0.2) is 17.6 Å². The number of amides is 1. The highest BCUT2D eigenvalue weighted by Crippen LogP contribution is 2.34. The van der Waals surface area contributed by atoms with Gasteiger partial charge in [-0.3, -0.25) is 4.79 Å². The van der Waals surface area contributed by atoms with Crippen LogP contribution in [0.3, 0.4) is 0 Å². The van der Waals surface area contributed by atoms with Crippen LogP contribution < -0.4 is 14.8 Å². The lowest BCUT2D eigenvalue weighted by Crippen LogP contribution is -2.30. The number of benzene rings is 3. The van der Waals surface area contributed by atoms with E-state index in [0.29, 0.717) is 17.2 Å². The summed E-state index contributed by atoms with van der Waals surface area (Å²) in [5.74, 6) is -0.357. The zero-order valence-electron chi connectivity index (χ0n) is 15.0. The number of carbonyl (C=O) groups is 2. The summed E-state index contributed by atoms with van der Waals surface area (Å²) in [6, 6.07) is 15.3. The molecule has 0 spiro atoms. The highest BCUT2D eigenvalue weighted by Gasteiger charge is 2.22. The molecule has 0 radical (unpaired) electrons. The molecule has 3 aromatic carbocycles. The van der Waals surface area contributed by atoms with Crippen LogP contribution in [0.1, 0.15) is 17.3 Å². The fourth-order valence-electron chi connectivity index (χ4n) is 2.89. The molecule has 0 aliphatic carbocycles. The average molecular weight is 379 g/mol. The molecular weight excluding hydrogens is 362 g/mol. The van der Waals surface area contributed by atoms with Gasteiger partial charge in [-0.15, -0.1) is 0 Å². The van der Waals surface area contributed by atoms with Crippen molar-refractivity contribution in [2.45, 2.75) is 13.0 Å². The Balaban J connectivity index is 1.45. The molecule has 1 heterocycles. The summed E-state index contributed by atoms with van der Waals surface area (Å²) in [4.78, 5) is 24.8. The van der Waals surface area contributed by atoms with Gasteiger partial charge in [0.25, 0.3) is 5.91 Å². The van der Waals surface area contributed by atoms with E-state index in [9.17, 15) is 14.7 Å². The Morgan fingerprint density at radius 1 is 1.04 bits per heavy atom. The van der Waals surface area contributed by atoms with Crippen LogP contribution in [0.2, 0.25) is 0 Å². The second kappa shape index (κ2) is 7.11. The van der Waals surface area contributed by atoms with E-state index in [2.05, 4.69) is 5.32 Å². The van der Waals surface area contributed by atoms with Gasteiger partial charge in [-0.1, -0.05) is 24.3 Å². The van der Waals surface area contributed by atoms with E-state index < -0.39 is 18.0 Å². The van der Waals surface area contributed by atoms with Gasteiger partial charge in [0, 0.05) is 11.8 Å². The van der Waals surface area contributed by atoms with Crippen LogP contribution in [0.25, 0.3) is 10.8 Å². The van der Waals surface area contributed by atoms with Crippen LogP contribution in [0, 0.1) is 0 Å². The maximum absolute atomic E-state index is 12.4. The molecule has 1 aliphatic heterocycles. The molecule has 0 bridgehead atoms. The standard InChI is InChI=1S/C21H17NO6/c1-12(20(24)22-15-6-7-18-19(10-15)27-11-26-18)28-21(25)16-8-13-4-2-3-5-14(13)9-17(16)23/h2-10,12,23H,11H2,1H3,(H,22,24). The minimum absolute atomic E-state index is 0.00132. The van der Waals surface area contributed by atoms with Crippen molar-refractivity contribution in [3.8, 4) is 17.2 Å². The molecule has 0 saturated heterocycles. The first-order valence-corrected chi connectivity index (χ1v) is 8.64. The van der Waals surface area contributed by atoms with Crippen molar-refractivity contribution in [3.05, 3.63) is 60.2 Å². The number of phenolic OH excluding ortho intramolecular Hbond substituents is 1. The molecule has 28 heavy (non-hydrogen) atoms. The molecule has 1 aliphatic rings. The van der Waals surface area contributed by atoms with Gasteiger partial charge in [0.1, 0.15) is 11.3 Å². The summed E-state index contributed by atoms with van der Waals surface area (Å²) in [5, 5.41) is 14.4. The number of carbonyl (C=O) groups excluding carboxylic acids is 2. The van der Waals surface area contributed by atoms with Crippen molar-refractivity contribution in [1.82, 2.24) is 0 Å². The first-order chi connectivity index (χ1) is 13.5. The van der Waals surface area contributed by atoms with Crippen LogP contribution in [0.15, 0.2) is 54.6 Å². The number of hydrogen-bond donors (Lipinski definition) is 2. The first kappa shape index (κ1) is 17.7. The zero-order valence-corrected chi connectivity index (χ0v) is 15.0. The third-order valence-electron chi connectivity index (χ3n) is 4.38. The van der Waals surface area contributed by atoms with Gasteiger partial charge in [-0.25, -0.2) is 4.79 Å². The molecule has 7 heteroatoms. The van der Waals surface area contributed by atoms with Crippen molar-refractivity contribution >= 4 is 28.3 Å². The second-order valence-corrected chi connectivity index (χ2v) is 6.32. The highest BCUT2D eigenvalue weighted by atomic mass is 16.7. The quantitative estimate of drug-likeness (QED) is 0.674. The topological polar surface area (TPSA) is 94.1 Å². The minimum atomic E-state index is -1.07. The molecule has 0 saturated carbocycles. The Hall–Kier alpha value is -3.74. The number of hydrogen-bond acceptors (Lipinski definition) is 6. The Labute approximate surface area is 160 Å². The normalized spacial score (nSPS) is 13.2. The van der Waals surface area contributed by atoms with Crippen LogP contribution in [-0.2, 0) is 9.53 Å². The number of ether oxygens (including phenoxy) is 3. The van der Waals surface area contributed by atoms with E-state index >= 15 is 0 Å². The van der Waals surface area contributed by atoms with E-state index in [4.69, 9.17) is 14.2 Å². The maximum atomic E-state index is 12.4. The van der Waals surface area contributed by atoms with E-state index in [1.807, 2.05) is 24.3 Å². The molecule has 1 amide bonds. The maximum Gasteiger partial charge on any atom is 0.342 e. The summed E-state index contributed by atoms with van der Waals surface area (Å²) in [7, 11) is 0. The van der Waals surface area contributed by atoms with Gasteiger partial charge < -0.3 is 24.6 Å². The number of phenols is 1. The predicted molar refractivity (Wildman–Crippen MR) is 102 cm³/mol. The van der Waals surface area contributed by atoms with E-state index in [1.165, 1.54) is 19.1 Å². The Kier molecular flexibility index (Phi) is 4.49. The van der Waals surface area contributed by atoms with E-state index in [0.717, 1.165) is 10.8 Å². The van der Waals surface area contributed by atoms with Crippen LogP contribution >= 0.6 is 0 Å². The lowest BCUT2D eigenvalue weighted by Gasteiger charge is -2.14. The minimum Gasteiger partial charge on any atom is -0.507 e. The van der Waals surface area contributed by atoms with Gasteiger partial charge >= 0.3 is 5.97 Å². The smallest absolute Gasteiger partial charge is 0.342 e. The van der Waals surface area contributed by atoms with Gasteiger partial charge in [0.05, 0.1) is 0 Å². The number of aromatic hydroxyl groups is 1. The van der Waals surface area contributed by atoms with E-state index in [-0.39, 0.29) is 18.1 Å².